The Labute approximate surface area is 141 Å². The van der Waals surface area contributed by atoms with Gasteiger partial charge in [-0.1, -0.05) is 12.1 Å². The first-order valence-corrected chi connectivity index (χ1v) is 8.11. The van der Waals surface area contributed by atoms with Gasteiger partial charge in [0.05, 0.1) is 21.4 Å². The van der Waals surface area contributed by atoms with Gasteiger partial charge in [0.15, 0.2) is 0 Å². The maximum Gasteiger partial charge on any atom is 0.258 e. The number of aromatic amines is 1. The first kappa shape index (κ1) is 15.8. The van der Waals surface area contributed by atoms with Gasteiger partial charge in [0.2, 0.25) is 0 Å². The van der Waals surface area contributed by atoms with Crippen LogP contribution in [0.15, 0.2) is 45.9 Å². The van der Waals surface area contributed by atoms with Crippen molar-refractivity contribution in [1.29, 1.82) is 0 Å². The Morgan fingerprint density at radius 2 is 2.00 bits per heavy atom. The first-order chi connectivity index (χ1) is 11.1. The Morgan fingerprint density at radius 3 is 2.78 bits per heavy atom. The Morgan fingerprint density at radius 1 is 1.26 bits per heavy atom. The summed E-state index contributed by atoms with van der Waals surface area (Å²) in [5, 5.41) is 3.94. The van der Waals surface area contributed by atoms with Crippen molar-refractivity contribution in [2.45, 2.75) is 19.4 Å². The number of halogens is 1. The second-order valence-corrected chi connectivity index (χ2v) is 6.13. The minimum atomic E-state index is -0.102. The molecule has 118 valence electrons. The zero-order valence-corrected chi connectivity index (χ0v) is 14.2. The van der Waals surface area contributed by atoms with Gasteiger partial charge in [0.25, 0.3) is 5.56 Å². The monoisotopic (exact) mass is 373 g/mol. The zero-order valence-electron chi connectivity index (χ0n) is 12.6. The molecule has 0 fully saturated rings. The molecule has 0 spiro atoms. The average molecular weight is 374 g/mol. The average Bonchev–Trinajstić information content (AvgIpc) is 2.55. The Hall–Kier alpha value is -2.12. The van der Waals surface area contributed by atoms with Crippen molar-refractivity contribution in [2.24, 2.45) is 0 Å². The van der Waals surface area contributed by atoms with Crippen LogP contribution in [-0.2, 0) is 6.42 Å². The van der Waals surface area contributed by atoms with Crippen molar-refractivity contribution in [3.05, 3.63) is 63.1 Å². The highest BCUT2D eigenvalue weighted by Gasteiger charge is 2.08. The van der Waals surface area contributed by atoms with Crippen LogP contribution in [0.4, 0.5) is 0 Å². The zero-order chi connectivity index (χ0) is 16.2. The Kier molecular flexibility index (Phi) is 4.78. The lowest BCUT2D eigenvalue weighted by molar-refractivity contribution is 0.543. The standard InChI is InChI=1S/C16H16BrN5O/c1-10(15-19-8-11(17)9-20-15)18-7-6-14-21-13-5-3-2-4-12(13)16(23)22-14/h2-5,8-10,18H,6-7H2,1H3,(H,21,22,23). The highest BCUT2D eigenvalue weighted by Crippen LogP contribution is 2.10. The summed E-state index contributed by atoms with van der Waals surface area (Å²) in [4.78, 5) is 27.9. The molecular formula is C16H16BrN5O. The molecule has 0 radical (unpaired) electrons. The van der Waals surface area contributed by atoms with E-state index in [1.54, 1.807) is 18.5 Å². The van der Waals surface area contributed by atoms with E-state index in [2.05, 4.69) is 41.2 Å². The van der Waals surface area contributed by atoms with E-state index < -0.39 is 0 Å². The molecule has 23 heavy (non-hydrogen) atoms. The molecule has 0 bridgehead atoms. The van der Waals surface area contributed by atoms with Crippen LogP contribution in [0.2, 0.25) is 0 Å². The Bertz CT molecular complexity index is 862. The SMILES string of the molecule is CC(NCCc1nc2ccccc2c(=O)[nH]1)c1ncc(Br)cn1. The van der Waals surface area contributed by atoms with Crippen LogP contribution in [0.5, 0.6) is 0 Å². The lowest BCUT2D eigenvalue weighted by Gasteiger charge is -2.12. The van der Waals surface area contributed by atoms with Crippen molar-refractivity contribution in [2.75, 3.05) is 6.54 Å². The second-order valence-electron chi connectivity index (χ2n) is 5.22. The van der Waals surface area contributed by atoms with Gasteiger partial charge >= 0.3 is 0 Å². The van der Waals surface area contributed by atoms with Crippen molar-refractivity contribution in [3.8, 4) is 0 Å². The largest absolute Gasteiger partial charge is 0.310 e. The summed E-state index contributed by atoms with van der Waals surface area (Å²) >= 11 is 3.32. The third-order valence-electron chi connectivity index (χ3n) is 3.50. The molecule has 0 saturated heterocycles. The van der Waals surface area contributed by atoms with Crippen LogP contribution in [-0.4, -0.2) is 26.5 Å². The number of para-hydroxylation sites is 1. The van der Waals surface area contributed by atoms with E-state index in [0.717, 1.165) is 15.8 Å². The molecule has 0 aliphatic carbocycles. The second kappa shape index (κ2) is 6.97. The van der Waals surface area contributed by atoms with Crippen molar-refractivity contribution in [1.82, 2.24) is 25.3 Å². The molecule has 0 aliphatic heterocycles. The van der Waals surface area contributed by atoms with Gasteiger partial charge in [0, 0.05) is 25.4 Å². The van der Waals surface area contributed by atoms with Crippen LogP contribution >= 0.6 is 15.9 Å². The Balaban J connectivity index is 1.64. The highest BCUT2D eigenvalue weighted by molar-refractivity contribution is 9.10. The fourth-order valence-electron chi connectivity index (χ4n) is 2.30. The van der Waals surface area contributed by atoms with E-state index in [1.807, 2.05) is 25.1 Å². The first-order valence-electron chi connectivity index (χ1n) is 7.32. The van der Waals surface area contributed by atoms with Crippen LogP contribution in [0.3, 0.4) is 0 Å². The summed E-state index contributed by atoms with van der Waals surface area (Å²) < 4.78 is 0.853. The molecule has 1 atom stereocenters. The van der Waals surface area contributed by atoms with Crippen molar-refractivity contribution < 1.29 is 0 Å². The number of nitrogens with one attached hydrogen (secondary N) is 2. The van der Waals surface area contributed by atoms with Gasteiger partial charge in [-0.2, -0.15) is 0 Å². The van der Waals surface area contributed by atoms with Crippen LogP contribution in [0.25, 0.3) is 10.9 Å². The molecule has 1 unspecified atom stereocenters. The van der Waals surface area contributed by atoms with Gasteiger partial charge in [-0.15, -0.1) is 0 Å². The van der Waals surface area contributed by atoms with Gasteiger partial charge < -0.3 is 10.3 Å². The highest BCUT2D eigenvalue weighted by atomic mass is 79.9. The molecule has 0 aliphatic rings. The number of aromatic nitrogens is 4. The molecule has 2 aromatic heterocycles. The summed E-state index contributed by atoms with van der Waals surface area (Å²) in [6.07, 6.45) is 4.08. The van der Waals surface area contributed by atoms with Gasteiger partial charge in [-0.25, -0.2) is 15.0 Å². The molecular weight excluding hydrogens is 358 g/mol. The van der Waals surface area contributed by atoms with Crippen molar-refractivity contribution in [3.63, 3.8) is 0 Å². The quantitative estimate of drug-likeness (QED) is 0.717. The predicted molar refractivity (Wildman–Crippen MR) is 92.2 cm³/mol. The molecule has 1 aromatic carbocycles. The van der Waals surface area contributed by atoms with Crippen LogP contribution in [0.1, 0.15) is 24.6 Å². The summed E-state index contributed by atoms with van der Waals surface area (Å²) in [6, 6.07) is 7.36. The minimum absolute atomic E-state index is 0.0234. The molecule has 2 heterocycles. The fourth-order valence-corrected chi connectivity index (χ4v) is 2.50. The van der Waals surface area contributed by atoms with E-state index in [-0.39, 0.29) is 11.6 Å². The molecule has 0 saturated carbocycles. The van der Waals surface area contributed by atoms with Gasteiger partial charge in [0.1, 0.15) is 11.6 Å². The number of hydrogen-bond acceptors (Lipinski definition) is 5. The van der Waals surface area contributed by atoms with Crippen LogP contribution in [0, 0.1) is 0 Å². The maximum atomic E-state index is 12.0. The van der Waals surface area contributed by atoms with E-state index in [0.29, 0.717) is 24.2 Å². The predicted octanol–water partition coefficient (Wildman–Crippen LogP) is 2.37. The van der Waals surface area contributed by atoms with E-state index in [4.69, 9.17) is 0 Å². The lowest BCUT2D eigenvalue weighted by atomic mass is 10.2. The number of rotatable bonds is 5. The minimum Gasteiger partial charge on any atom is -0.310 e. The lowest BCUT2D eigenvalue weighted by Crippen LogP contribution is -2.24. The number of fused-ring (bicyclic) bond motifs is 1. The van der Waals surface area contributed by atoms with E-state index >= 15 is 0 Å². The topological polar surface area (TPSA) is 83.6 Å². The number of nitrogens with zero attached hydrogens (tertiary/aromatic N) is 3. The molecule has 7 heteroatoms. The number of H-pyrrole nitrogens is 1. The normalized spacial score (nSPS) is 12.4. The molecule has 3 rings (SSSR count). The van der Waals surface area contributed by atoms with Crippen LogP contribution < -0.4 is 10.9 Å². The molecule has 6 nitrogen and oxygen atoms in total. The van der Waals surface area contributed by atoms with Gasteiger partial charge in [-0.05, 0) is 35.0 Å². The number of hydrogen-bond donors (Lipinski definition) is 2. The third-order valence-corrected chi connectivity index (χ3v) is 3.91. The maximum absolute atomic E-state index is 12.0. The third kappa shape index (κ3) is 3.80. The number of benzene rings is 1. The van der Waals surface area contributed by atoms with Gasteiger partial charge in [-0.3, -0.25) is 4.79 Å². The summed E-state index contributed by atoms with van der Waals surface area (Å²) in [7, 11) is 0. The molecule has 3 aromatic rings. The molecule has 2 N–H and O–H groups in total. The molecule has 0 amide bonds. The smallest absolute Gasteiger partial charge is 0.258 e. The fraction of sp³-hybridized carbons (Fsp3) is 0.250. The van der Waals surface area contributed by atoms with Crippen molar-refractivity contribution >= 4 is 26.8 Å². The summed E-state index contributed by atoms with van der Waals surface area (Å²) in [6.45, 7) is 2.67. The van der Waals surface area contributed by atoms with E-state index in [9.17, 15) is 4.79 Å². The van der Waals surface area contributed by atoms with E-state index in [1.165, 1.54) is 0 Å². The summed E-state index contributed by atoms with van der Waals surface area (Å²) in [5.41, 5.74) is 0.616. The summed E-state index contributed by atoms with van der Waals surface area (Å²) in [5.74, 6) is 1.40.